The first-order valence-corrected chi connectivity index (χ1v) is 8.71. The van der Waals surface area contributed by atoms with E-state index in [9.17, 15) is 0 Å². The van der Waals surface area contributed by atoms with E-state index in [-0.39, 0.29) is 0 Å². The van der Waals surface area contributed by atoms with Crippen LogP contribution in [0.2, 0.25) is 5.15 Å². The van der Waals surface area contributed by atoms with Gasteiger partial charge in [-0.3, -0.25) is 0 Å². The van der Waals surface area contributed by atoms with Crippen molar-refractivity contribution in [1.82, 2.24) is 19.5 Å². The smallest absolute Gasteiger partial charge is 0.165 e. The molecule has 0 saturated carbocycles. The summed E-state index contributed by atoms with van der Waals surface area (Å²) in [4.78, 5) is 12.5. The van der Waals surface area contributed by atoms with Gasteiger partial charge in [-0.2, -0.15) is 0 Å². The monoisotopic (exact) mass is 368 g/mol. The Morgan fingerprint density at radius 2 is 1.44 bits per heavy atom. The minimum absolute atomic E-state index is 0.375. The van der Waals surface area contributed by atoms with Crippen LogP contribution in [0, 0.1) is 0 Å². The van der Waals surface area contributed by atoms with Gasteiger partial charge in [0, 0.05) is 5.88 Å². The van der Waals surface area contributed by atoms with E-state index in [1.54, 1.807) is 6.33 Å². The standard InChI is InChI=1S/C19H14Cl2N4/c20-9-13-1-5-15(6-2-13)16-7-3-14(4-8-16)10-25-12-24-17-18(21)22-11-23-19(17)25/h1-8,11-12H,9-10H2. The predicted octanol–water partition coefficient (Wildman–Crippen LogP) is 4.93. The number of nitrogens with zero attached hydrogens (tertiary/aromatic N) is 4. The number of imidazole rings is 1. The molecule has 0 saturated heterocycles. The fourth-order valence-electron chi connectivity index (χ4n) is 2.75. The molecule has 4 rings (SSSR count). The number of hydrogen-bond acceptors (Lipinski definition) is 3. The van der Waals surface area contributed by atoms with E-state index >= 15 is 0 Å². The predicted molar refractivity (Wildman–Crippen MR) is 101 cm³/mol. The molecule has 0 bridgehead atoms. The van der Waals surface area contributed by atoms with Gasteiger partial charge >= 0.3 is 0 Å². The SMILES string of the molecule is ClCc1ccc(-c2ccc(Cn3cnc4c(Cl)ncnc43)cc2)cc1. The number of aromatic nitrogens is 4. The van der Waals surface area contributed by atoms with Crippen molar-refractivity contribution in [3.05, 3.63) is 77.5 Å². The molecule has 2 heterocycles. The second-order valence-electron chi connectivity index (χ2n) is 5.74. The topological polar surface area (TPSA) is 43.6 Å². The number of fused-ring (bicyclic) bond motifs is 1. The molecular formula is C19H14Cl2N4. The molecule has 0 spiro atoms. The zero-order chi connectivity index (χ0) is 17.2. The highest BCUT2D eigenvalue weighted by Crippen LogP contribution is 2.22. The average molecular weight is 369 g/mol. The normalized spacial score (nSPS) is 11.1. The molecule has 4 nitrogen and oxygen atoms in total. The molecule has 6 heteroatoms. The van der Waals surface area contributed by atoms with Crippen LogP contribution in [0.4, 0.5) is 0 Å². The average Bonchev–Trinajstić information content (AvgIpc) is 3.07. The van der Waals surface area contributed by atoms with Gasteiger partial charge in [-0.25, -0.2) is 15.0 Å². The molecule has 2 aromatic carbocycles. The van der Waals surface area contributed by atoms with Gasteiger partial charge in [-0.1, -0.05) is 60.1 Å². The summed E-state index contributed by atoms with van der Waals surface area (Å²) in [5.41, 5.74) is 5.99. The van der Waals surface area contributed by atoms with Crippen molar-refractivity contribution in [1.29, 1.82) is 0 Å². The Bertz CT molecular complexity index is 1010. The van der Waals surface area contributed by atoms with Crippen molar-refractivity contribution in [3.63, 3.8) is 0 Å². The summed E-state index contributed by atoms with van der Waals surface area (Å²) >= 11 is 11.9. The van der Waals surface area contributed by atoms with Gasteiger partial charge in [-0.05, 0) is 22.3 Å². The summed E-state index contributed by atoms with van der Waals surface area (Å²) < 4.78 is 1.97. The Hall–Kier alpha value is -2.43. The highest BCUT2D eigenvalue weighted by Gasteiger charge is 2.08. The van der Waals surface area contributed by atoms with Gasteiger partial charge in [-0.15, -0.1) is 11.6 Å². The molecule has 0 atom stereocenters. The summed E-state index contributed by atoms with van der Waals surface area (Å²) in [5, 5.41) is 0.375. The van der Waals surface area contributed by atoms with E-state index in [2.05, 4.69) is 63.5 Å². The fraction of sp³-hybridized carbons (Fsp3) is 0.105. The quantitative estimate of drug-likeness (QED) is 0.378. The second-order valence-corrected chi connectivity index (χ2v) is 6.36. The summed E-state index contributed by atoms with van der Waals surface area (Å²) in [7, 11) is 0. The first-order chi connectivity index (χ1) is 12.2. The van der Waals surface area contributed by atoms with Crippen molar-refractivity contribution < 1.29 is 0 Å². The second kappa shape index (κ2) is 6.82. The first kappa shape index (κ1) is 16.1. The Kier molecular flexibility index (Phi) is 4.38. The summed E-state index contributed by atoms with van der Waals surface area (Å²) in [6, 6.07) is 16.7. The Labute approximate surface area is 155 Å². The number of alkyl halides is 1. The molecule has 0 unspecified atom stereocenters. The maximum Gasteiger partial charge on any atom is 0.165 e. The fourth-order valence-corrected chi connectivity index (χ4v) is 3.11. The highest BCUT2D eigenvalue weighted by atomic mass is 35.5. The molecule has 0 aliphatic heterocycles. The van der Waals surface area contributed by atoms with Crippen LogP contribution in [0.5, 0.6) is 0 Å². The third kappa shape index (κ3) is 3.23. The maximum absolute atomic E-state index is 6.05. The number of benzene rings is 2. The lowest BCUT2D eigenvalue weighted by molar-refractivity contribution is 0.813. The number of rotatable bonds is 4. The van der Waals surface area contributed by atoms with Crippen LogP contribution < -0.4 is 0 Å². The van der Waals surface area contributed by atoms with Crippen LogP contribution in [0.1, 0.15) is 11.1 Å². The molecular weight excluding hydrogens is 355 g/mol. The van der Waals surface area contributed by atoms with Gasteiger partial charge < -0.3 is 4.57 Å². The summed E-state index contributed by atoms with van der Waals surface area (Å²) in [6.07, 6.45) is 3.19. The minimum Gasteiger partial charge on any atom is -0.311 e. The van der Waals surface area contributed by atoms with Crippen molar-refractivity contribution in [2.24, 2.45) is 0 Å². The van der Waals surface area contributed by atoms with Gasteiger partial charge in [0.2, 0.25) is 0 Å². The van der Waals surface area contributed by atoms with Gasteiger partial charge in [0.25, 0.3) is 0 Å². The van der Waals surface area contributed by atoms with Crippen molar-refractivity contribution in [2.45, 2.75) is 12.4 Å². The zero-order valence-corrected chi connectivity index (χ0v) is 14.7. The van der Waals surface area contributed by atoms with E-state index in [4.69, 9.17) is 23.2 Å². The highest BCUT2D eigenvalue weighted by molar-refractivity contribution is 6.33. The van der Waals surface area contributed by atoms with E-state index in [1.165, 1.54) is 17.5 Å². The van der Waals surface area contributed by atoms with Crippen LogP contribution >= 0.6 is 23.2 Å². The lowest BCUT2D eigenvalue weighted by atomic mass is 10.0. The molecule has 0 fully saturated rings. The zero-order valence-electron chi connectivity index (χ0n) is 13.2. The lowest BCUT2D eigenvalue weighted by Gasteiger charge is -2.07. The summed E-state index contributed by atoms with van der Waals surface area (Å²) in [6.45, 7) is 0.676. The van der Waals surface area contributed by atoms with Gasteiger partial charge in [0.05, 0.1) is 12.9 Å². The van der Waals surface area contributed by atoms with Gasteiger partial charge in [0.1, 0.15) is 11.8 Å². The number of hydrogen-bond donors (Lipinski definition) is 0. The molecule has 0 N–H and O–H groups in total. The van der Waals surface area contributed by atoms with Crippen LogP contribution in [-0.2, 0) is 12.4 Å². The first-order valence-electron chi connectivity index (χ1n) is 7.80. The molecule has 25 heavy (non-hydrogen) atoms. The van der Waals surface area contributed by atoms with Crippen molar-refractivity contribution in [3.8, 4) is 11.1 Å². The third-order valence-corrected chi connectivity index (χ3v) is 4.69. The van der Waals surface area contributed by atoms with E-state index in [0.29, 0.717) is 23.1 Å². The van der Waals surface area contributed by atoms with E-state index in [0.717, 1.165) is 16.8 Å². The Morgan fingerprint density at radius 1 is 0.800 bits per heavy atom. The molecule has 0 amide bonds. The van der Waals surface area contributed by atoms with Crippen LogP contribution in [0.15, 0.2) is 61.2 Å². The van der Waals surface area contributed by atoms with Crippen LogP contribution in [0.3, 0.4) is 0 Å². The van der Waals surface area contributed by atoms with E-state index < -0.39 is 0 Å². The van der Waals surface area contributed by atoms with Gasteiger partial charge in [0.15, 0.2) is 10.8 Å². The minimum atomic E-state index is 0.375. The Balaban J connectivity index is 1.58. The maximum atomic E-state index is 6.05. The Morgan fingerprint density at radius 3 is 2.08 bits per heavy atom. The third-order valence-electron chi connectivity index (χ3n) is 4.11. The molecule has 4 aromatic rings. The molecule has 124 valence electrons. The largest absolute Gasteiger partial charge is 0.311 e. The summed E-state index contributed by atoms with van der Waals surface area (Å²) in [5.74, 6) is 0.533. The van der Waals surface area contributed by atoms with Crippen LogP contribution in [0.25, 0.3) is 22.3 Å². The molecule has 0 aliphatic rings. The molecule has 0 radical (unpaired) electrons. The number of halogens is 2. The van der Waals surface area contributed by atoms with Crippen molar-refractivity contribution in [2.75, 3.05) is 0 Å². The molecule has 0 aliphatic carbocycles. The lowest BCUT2D eigenvalue weighted by Crippen LogP contribution is -1.99. The van der Waals surface area contributed by atoms with E-state index in [1.807, 2.05) is 4.57 Å². The van der Waals surface area contributed by atoms with Crippen molar-refractivity contribution >= 4 is 34.4 Å². The van der Waals surface area contributed by atoms with Crippen LogP contribution in [-0.4, -0.2) is 19.5 Å². The molecule has 2 aromatic heterocycles.